The number of carbonyl (C=O) groups is 2. The Kier molecular flexibility index (Phi) is 4.89. The molecule has 2 aromatic heterocycles. The highest BCUT2D eigenvalue weighted by molar-refractivity contribution is 6.10. The first-order valence-electron chi connectivity index (χ1n) is 8.75. The molecule has 0 bridgehead atoms. The fourth-order valence-corrected chi connectivity index (χ4v) is 3.42. The second-order valence-electron chi connectivity index (χ2n) is 6.68. The summed E-state index contributed by atoms with van der Waals surface area (Å²) in [6.45, 7) is 6.50. The molecule has 0 radical (unpaired) electrons. The topological polar surface area (TPSA) is 72.2 Å². The van der Waals surface area contributed by atoms with Crippen molar-refractivity contribution in [2.24, 2.45) is 0 Å². The molecule has 0 spiro atoms. The van der Waals surface area contributed by atoms with Gasteiger partial charge >= 0.3 is 5.97 Å². The van der Waals surface area contributed by atoms with Crippen molar-refractivity contribution >= 4 is 22.7 Å². The van der Waals surface area contributed by atoms with Crippen LogP contribution < -0.4 is 0 Å². The highest BCUT2D eigenvalue weighted by atomic mass is 16.4. The van der Waals surface area contributed by atoms with Crippen molar-refractivity contribution in [2.75, 3.05) is 0 Å². The standard InChI is InChI=1S/C21H22N2O3/c1-4-18(24)19-16-8-7-15(21(25)26)10-17(16)23(20(19)13(2)3)12-14-6-5-9-22-11-14/h5-11,13H,4,12H2,1-3H3,(H,25,26). The van der Waals surface area contributed by atoms with Gasteiger partial charge in [-0.05, 0) is 29.7 Å². The molecule has 3 rings (SSSR count). The van der Waals surface area contributed by atoms with Crippen molar-refractivity contribution in [1.29, 1.82) is 0 Å². The Morgan fingerprint density at radius 2 is 2.00 bits per heavy atom. The van der Waals surface area contributed by atoms with E-state index in [1.165, 1.54) is 0 Å². The Labute approximate surface area is 152 Å². The van der Waals surface area contributed by atoms with Crippen molar-refractivity contribution in [3.05, 3.63) is 65.1 Å². The van der Waals surface area contributed by atoms with Crippen LogP contribution in [0.4, 0.5) is 0 Å². The normalized spacial score (nSPS) is 11.2. The zero-order valence-electron chi connectivity index (χ0n) is 15.2. The van der Waals surface area contributed by atoms with E-state index >= 15 is 0 Å². The number of Topliss-reactive ketones (excluding diaryl/α,β-unsaturated/α-hetero) is 1. The second kappa shape index (κ2) is 7.12. The number of carboxylic acid groups (broad SMARTS) is 1. The number of fused-ring (bicyclic) bond motifs is 1. The largest absolute Gasteiger partial charge is 0.478 e. The molecule has 0 saturated carbocycles. The van der Waals surface area contributed by atoms with Gasteiger partial charge in [-0.15, -0.1) is 0 Å². The molecule has 0 fully saturated rings. The Morgan fingerprint density at radius 1 is 1.23 bits per heavy atom. The number of ketones is 1. The zero-order chi connectivity index (χ0) is 18.8. The lowest BCUT2D eigenvalue weighted by molar-refractivity contribution is 0.0696. The van der Waals surface area contributed by atoms with E-state index in [4.69, 9.17) is 0 Å². The van der Waals surface area contributed by atoms with Gasteiger partial charge in [0.15, 0.2) is 5.78 Å². The Bertz CT molecular complexity index is 972. The number of nitrogens with zero attached hydrogens (tertiary/aromatic N) is 2. The van der Waals surface area contributed by atoms with Gasteiger partial charge in [0.2, 0.25) is 0 Å². The molecule has 5 nitrogen and oxygen atoms in total. The predicted molar refractivity (Wildman–Crippen MR) is 101 cm³/mol. The summed E-state index contributed by atoms with van der Waals surface area (Å²) in [5.74, 6) is -0.778. The van der Waals surface area contributed by atoms with Crippen LogP contribution in [-0.4, -0.2) is 26.4 Å². The van der Waals surface area contributed by atoms with E-state index in [9.17, 15) is 14.7 Å². The maximum Gasteiger partial charge on any atom is 0.335 e. The number of carboxylic acids is 1. The van der Waals surface area contributed by atoms with Crippen molar-refractivity contribution in [3.63, 3.8) is 0 Å². The summed E-state index contributed by atoms with van der Waals surface area (Å²) < 4.78 is 2.06. The summed E-state index contributed by atoms with van der Waals surface area (Å²) in [7, 11) is 0. The van der Waals surface area contributed by atoms with Crippen LogP contribution in [0.2, 0.25) is 0 Å². The van der Waals surface area contributed by atoms with E-state index in [0.29, 0.717) is 18.5 Å². The molecule has 0 amide bonds. The molecule has 0 aliphatic carbocycles. The van der Waals surface area contributed by atoms with Gasteiger partial charge in [0.05, 0.1) is 11.1 Å². The molecule has 3 aromatic rings. The van der Waals surface area contributed by atoms with Gasteiger partial charge in [-0.2, -0.15) is 0 Å². The fraction of sp³-hybridized carbons (Fsp3) is 0.286. The summed E-state index contributed by atoms with van der Waals surface area (Å²) >= 11 is 0. The number of pyridine rings is 1. The van der Waals surface area contributed by atoms with Gasteiger partial charge in [0, 0.05) is 42.0 Å². The number of aromatic nitrogens is 2. The lowest BCUT2D eigenvalue weighted by Crippen LogP contribution is -2.10. The quantitative estimate of drug-likeness (QED) is 0.664. The molecule has 0 aliphatic heterocycles. The molecule has 1 aromatic carbocycles. The number of carbonyl (C=O) groups excluding carboxylic acids is 1. The number of hydrogen-bond donors (Lipinski definition) is 1. The molecule has 2 heterocycles. The number of aromatic carboxylic acids is 1. The van der Waals surface area contributed by atoms with Crippen LogP contribution in [0.1, 0.15) is 65.1 Å². The van der Waals surface area contributed by atoms with E-state index in [0.717, 1.165) is 22.2 Å². The lowest BCUT2D eigenvalue weighted by atomic mass is 9.98. The van der Waals surface area contributed by atoms with Crippen LogP contribution in [0.25, 0.3) is 10.9 Å². The molecular weight excluding hydrogens is 328 g/mol. The van der Waals surface area contributed by atoms with Gasteiger partial charge in [-0.1, -0.05) is 32.9 Å². The van der Waals surface area contributed by atoms with Crippen LogP contribution in [0.15, 0.2) is 42.7 Å². The molecule has 1 N–H and O–H groups in total. The summed E-state index contributed by atoms with van der Waals surface area (Å²) in [5, 5.41) is 10.2. The Balaban J connectivity index is 2.33. The maximum atomic E-state index is 12.7. The molecule has 134 valence electrons. The first-order chi connectivity index (χ1) is 12.4. The monoisotopic (exact) mass is 350 g/mol. The average Bonchev–Trinajstić information content (AvgIpc) is 2.95. The van der Waals surface area contributed by atoms with Gasteiger partial charge in [-0.25, -0.2) is 4.79 Å². The Morgan fingerprint density at radius 3 is 2.58 bits per heavy atom. The number of rotatable bonds is 6. The van der Waals surface area contributed by atoms with E-state index < -0.39 is 5.97 Å². The zero-order valence-corrected chi connectivity index (χ0v) is 15.2. The molecular formula is C21H22N2O3. The SMILES string of the molecule is CCC(=O)c1c(C(C)C)n(Cc2cccnc2)c2cc(C(=O)O)ccc12. The third-order valence-corrected chi connectivity index (χ3v) is 4.56. The predicted octanol–water partition coefficient (Wildman–Crippen LogP) is 4.50. The van der Waals surface area contributed by atoms with E-state index in [2.05, 4.69) is 23.4 Å². The van der Waals surface area contributed by atoms with Gasteiger partial charge in [0.1, 0.15) is 0 Å². The van der Waals surface area contributed by atoms with Crippen molar-refractivity contribution in [1.82, 2.24) is 9.55 Å². The van der Waals surface area contributed by atoms with Crippen molar-refractivity contribution in [2.45, 2.75) is 39.7 Å². The molecule has 0 unspecified atom stereocenters. The molecule has 0 atom stereocenters. The van der Waals surface area contributed by atoms with E-state index in [1.54, 1.807) is 30.6 Å². The summed E-state index contributed by atoms with van der Waals surface area (Å²) in [6.07, 6.45) is 3.92. The second-order valence-corrected chi connectivity index (χ2v) is 6.68. The minimum atomic E-state index is -0.976. The first-order valence-corrected chi connectivity index (χ1v) is 8.75. The lowest BCUT2D eigenvalue weighted by Gasteiger charge is -2.15. The molecule has 0 saturated heterocycles. The summed E-state index contributed by atoms with van der Waals surface area (Å²) in [5.41, 5.74) is 3.64. The minimum absolute atomic E-state index is 0.0757. The van der Waals surface area contributed by atoms with E-state index in [-0.39, 0.29) is 17.3 Å². The summed E-state index contributed by atoms with van der Waals surface area (Å²) in [4.78, 5) is 28.3. The van der Waals surface area contributed by atoms with Gasteiger partial charge < -0.3 is 9.67 Å². The van der Waals surface area contributed by atoms with Crippen LogP contribution in [0.5, 0.6) is 0 Å². The number of hydrogen-bond acceptors (Lipinski definition) is 3. The van der Waals surface area contributed by atoms with Crippen molar-refractivity contribution < 1.29 is 14.7 Å². The van der Waals surface area contributed by atoms with Gasteiger partial charge in [-0.3, -0.25) is 9.78 Å². The smallest absolute Gasteiger partial charge is 0.335 e. The Hall–Kier alpha value is -2.95. The molecule has 26 heavy (non-hydrogen) atoms. The third-order valence-electron chi connectivity index (χ3n) is 4.56. The average molecular weight is 350 g/mol. The molecule has 0 aliphatic rings. The highest BCUT2D eigenvalue weighted by Gasteiger charge is 2.24. The van der Waals surface area contributed by atoms with Crippen LogP contribution >= 0.6 is 0 Å². The van der Waals surface area contributed by atoms with Crippen LogP contribution in [0, 0.1) is 0 Å². The maximum absolute atomic E-state index is 12.7. The van der Waals surface area contributed by atoms with E-state index in [1.807, 2.05) is 19.1 Å². The fourth-order valence-electron chi connectivity index (χ4n) is 3.42. The third kappa shape index (κ3) is 3.12. The number of benzene rings is 1. The minimum Gasteiger partial charge on any atom is -0.478 e. The van der Waals surface area contributed by atoms with Crippen molar-refractivity contribution in [3.8, 4) is 0 Å². The summed E-state index contributed by atoms with van der Waals surface area (Å²) in [6, 6.07) is 8.83. The molecule has 5 heteroatoms. The van der Waals surface area contributed by atoms with Gasteiger partial charge in [0.25, 0.3) is 0 Å². The van der Waals surface area contributed by atoms with Crippen LogP contribution in [-0.2, 0) is 6.54 Å². The first kappa shape index (κ1) is 17.9. The van der Waals surface area contributed by atoms with Crippen LogP contribution in [0.3, 0.4) is 0 Å². The highest BCUT2D eigenvalue weighted by Crippen LogP contribution is 2.33.